The molecular weight excluding hydrogens is 401 g/mol. The smallest absolute Gasteiger partial charge is 0.406 e. The van der Waals surface area contributed by atoms with E-state index in [-0.39, 0.29) is 11.3 Å². The Morgan fingerprint density at radius 3 is 2.35 bits per heavy atom. The molecule has 0 aliphatic heterocycles. The number of hydrogen-bond acceptors (Lipinski definition) is 2. The highest BCUT2D eigenvalue weighted by atomic mass is 19.4. The predicted octanol–water partition coefficient (Wildman–Crippen LogP) is 6.58. The van der Waals surface area contributed by atoms with E-state index in [1.807, 2.05) is 13.0 Å². The number of nitrogens with zero attached hydrogens (tertiary/aromatic N) is 1. The van der Waals surface area contributed by atoms with Crippen molar-refractivity contribution in [3.8, 4) is 5.75 Å². The third-order valence-electron chi connectivity index (χ3n) is 6.95. The van der Waals surface area contributed by atoms with Gasteiger partial charge < -0.3 is 14.6 Å². The van der Waals surface area contributed by atoms with Crippen molar-refractivity contribution in [2.24, 2.45) is 0 Å². The molecule has 0 bridgehead atoms. The molecule has 3 aromatic rings. The van der Waals surface area contributed by atoms with Gasteiger partial charge in [0.2, 0.25) is 0 Å². The molecule has 3 nitrogen and oxygen atoms in total. The predicted molar refractivity (Wildman–Crippen MR) is 117 cm³/mol. The van der Waals surface area contributed by atoms with Crippen LogP contribution in [0, 0.1) is 6.92 Å². The van der Waals surface area contributed by atoms with Crippen LogP contribution in [0.5, 0.6) is 5.75 Å². The third kappa shape index (κ3) is 4.59. The van der Waals surface area contributed by atoms with Crippen LogP contribution in [0.25, 0.3) is 10.9 Å². The Bertz CT molecular complexity index is 1030. The van der Waals surface area contributed by atoms with Gasteiger partial charge in [0.1, 0.15) is 5.75 Å². The molecule has 0 radical (unpaired) electrons. The van der Waals surface area contributed by atoms with Crippen LogP contribution in [0.3, 0.4) is 0 Å². The Morgan fingerprint density at radius 1 is 1.06 bits per heavy atom. The zero-order valence-corrected chi connectivity index (χ0v) is 18.2. The average Bonchev–Trinajstić information content (AvgIpc) is 3.04. The number of fused-ring (bicyclic) bond motifs is 1. The van der Waals surface area contributed by atoms with Gasteiger partial charge in [-0.05, 0) is 88.4 Å². The molecule has 1 heterocycles. The lowest BCUT2D eigenvalue weighted by atomic mass is 9.71. The highest BCUT2D eigenvalue weighted by Crippen LogP contribution is 2.44. The number of benzene rings is 2. The minimum atomic E-state index is -4.68. The van der Waals surface area contributed by atoms with Gasteiger partial charge in [-0.2, -0.15) is 0 Å². The molecule has 4 rings (SSSR count). The molecule has 1 aromatic heterocycles. The first-order valence-electron chi connectivity index (χ1n) is 10.8. The summed E-state index contributed by atoms with van der Waals surface area (Å²) >= 11 is 0. The fraction of sp³-hybridized carbons (Fsp3) is 0.440. The standard InChI is InChI=1S/C25H29F3N2O/c1-17-21-15-20(31-25(26,27)28)9-10-22(21)29-23(17)19-11-13-24(14-12-19,30(2)3)16-18-7-5-4-6-8-18/h4-10,15,19,29H,11-14,16H2,1-3H3. The van der Waals surface area contributed by atoms with Crippen molar-refractivity contribution in [3.63, 3.8) is 0 Å². The number of nitrogens with one attached hydrogen (secondary N) is 1. The second-order valence-electron chi connectivity index (χ2n) is 8.97. The first-order valence-corrected chi connectivity index (χ1v) is 10.8. The molecule has 6 heteroatoms. The van der Waals surface area contributed by atoms with Gasteiger partial charge >= 0.3 is 6.36 Å². The van der Waals surface area contributed by atoms with Crippen molar-refractivity contribution in [2.75, 3.05) is 14.1 Å². The number of rotatable bonds is 5. The number of ether oxygens (including phenoxy) is 1. The van der Waals surface area contributed by atoms with Gasteiger partial charge in [0.05, 0.1) is 0 Å². The first-order chi connectivity index (χ1) is 14.7. The lowest BCUT2D eigenvalue weighted by Crippen LogP contribution is -2.48. The van der Waals surface area contributed by atoms with Crippen molar-refractivity contribution < 1.29 is 17.9 Å². The topological polar surface area (TPSA) is 28.3 Å². The van der Waals surface area contributed by atoms with Crippen molar-refractivity contribution in [2.45, 2.75) is 56.8 Å². The Balaban J connectivity index is 1.54. The third-order valence-corrected chi connectivity index (χ3v) is 6.95. The Hall–Kier alpha value is -2.47. The zero-order valence-electron chi connectivity index (χ0n) is 18.2. The van der Waals surface area contributed by atoms with E-state index in [4.69, 9.17) is 0 Å². The van der Waals surface area contributed by atoms with Crippen LogP contribution in [-0.4, -0.2) is 35.9 Å². The molecule has 31 heavy (non-hydrogen) atoms. The fourth-order valence-corrected chi connectivity index (χ4v) is 5.13. The molecule has 2 aromatic carbocycles. The van der Waals surface area contributed by atoms with Crippen molar-refractivity contribution >= 4 is 10.9 Å². The lowest BCUT2D eigenvalue weighted by Gasteiger charge is -2.45. The van der Waals surface area contributed by atoms with E-state index in [1.165, 1.54) is 17.7 Å². The van der Waals surface area contributed by atoms with Crippen molar-refractivity contribution in [1.29, 1.82) is 0 Å². The SMILES string of the molecule is Cc1c(C2CCC(Cc3ccccc3)(N(C)C)CC2)[nH]c2ccc(OC(F)(F)F)cc12. The number of likely N-dealkylation sites (N-methyl/N-ethyl adjacent to an activating group) is 1. The van der Waals surface area contributed by atoms with Crippen LogP contribution in [0.15, 0.2) is 48.5 Å². The first kappa shape index (κ1) is 21.8. The maximum absolute atomic E-state index is 12.6. The van der Waals surface area contributed by atoms with E-state index < -0.39 is 6.36 Å². The van der Waals surface area contributed by atoms with E-state index in [9.17, 15) is 13.2 Å². The minimum Gasteiger partial charge on any atom is -0.406 e. The van der Waals surface area contributed by atoms with Gasteiger partial charge in [-0.3, -0.25) is 0 Å². The summed E-state index contributed by atoms with van der Waals surface area (Å²) in [6.07, 6.45) is 0.596. The molecular formula is C25H29F3N2O. The summed E-state index contributed by atoms with van der Waals surface area (Å²) in [5, 5.41) is 0.797. The van der Waals surface area contributed by atoms with Crippen LogP contribution in [0.4, 0.5) is 13.2 Å². The summed E-state index contributed by atoms with van der Waals surface area (Å²) in [6, 6.07) is 15.2. The molecule has 0 unspecified atom stereocenters. The van der Waals surface area contributed by atoms with Gasteiger partial charge in [-0.15, -0.1) is 13.2 Å². The Labute approximate surface area is 181 Å². The summed E-state index contributed by atoms with van der Waals surface area (Å²) in [5.41, 5.74) is 4.51. The second kappa shape index (κ2) is 8.23. The fourth-order valence-electron chi connectivity index (χ4n) is 5.13. The summed E-state index contributed by atoms with van der Waals surface area (Å²) in [7, 11) is 4.33. The van der Waals surface area contributed by atoms with E-state index in [0.717, 1.165) is 54.3 Å². The summed E-state index contributed by atoms with van der Waals surface area (Å²) in [6.45, 7) is 1.99. The molecule has 1 fully saturated rings. The molecule has 1 N–H and O–H groups in total. The number of aromatic amines is 1. The normalized spacial score (nSPS) is 22.2. The molecule has 166 valence electrons. The quantitative estimate of drug-likeness (QED) is 0.495. The van der Waals surface area contributed by atoms with Gasteiger partial charge in [0.25, 0.3) is 0 Å². The van der Waals surface area contributed by atoms with Gasteiger partial charge in [-0.1, -0.05) is 30.3 Å². The monoisotopic (exact) mass is 430 g/mol. The summed E-state index contributed by atoms with van der Waals surface area (Å²) in [5.74, 6) is 0.204. The molecule has 0 amide bonds. The molecule has 0 spiro atoms. The number of alkyl halides is 3. The number of halogens is 3. The lowest BCUT2D eigenvalue weighted by molar-refractivity contribution is -0.274. The van der Waals surface area contributed by atoms with Crippen LogP contribution in [0.2, 0.25) is 0 Å². The van der Waals surface area contributed by atoms with E-state index in [2.05, 4.69) is 53.0 Å². The van der Waals surface area contributed by atoms with Crippen molar-refractivity contribution in [3.05, 3.63) is 65.4 Å². The zero-order chi connectivity index (χ0) is 22.2. The minimum absolute atomic E-state index is 0.130. The summed E-state index contributed by atoms with van der Waals surface area (Å²) < 4.78 is 41.9. The highest BCUT2D eigenvalue weighted by molar-refractivity contribution is 5.86. The number of aryl methyl sites for hydroxylation is 1. The average molecular weight is 431 g/mol. The number of H-pyrrole nitrogens is 1. The summed E-state index contributed by atoms with van der Waals surface area (Å²) in [4.78, 5) is 5.85. The second-order valence-corrected chi connectivity index (χ2v) is 8.97. The number of aromatic nitrogens is 1. The van der Waals surface area contributed by atoms with E-state index in [0.29, 0.717) is 5.92 Å². The van der Waals surface area contributed by atoms with Crippen LogP contribution < -0.4 is 4.74 Å². The Kier molecular flexibility index (Phi) is 5.77. The molecule has 1 aliphatic carbocycles. The Morgan fingerprint density at radius 2 is 1.74 bits per heavy atom. The molecule has 1 saturated carbocycles. The van der Waals surface area contributed by atoms with Crippen LogP contribution >= 0.6 is 0 Å². The molecule has 1 aliphatic rings. The van der Waals surface area contributed by atoms with Gasteiger partial charge in [0, 0.05) is 22.1 Å². The maximum Gasteiger partial charge on any atom is 0.573 e. The van der Waals surface area contributed by atoms with Gasteiger partial charge in [-0.25, -0.2) is 0 Å². The van der Waals surface area contributed by atoms with Crippen molar-refractivity contribution in [1.82, 2.24) is 9.88 Å². The van der Waals surface area contributed by atoms with Crippen LogP contribution in [0.1, 0.15) is 48.4 Å². The molecule has 0 saturated heterocycles. The highest BCUT2D eigenvalue weighted by Gasteiger charge is 2.38. The maximum atomic E-state index is 12.6. The van der Waals surface area contributed by atoms with E-state index in [1.54, 1.807) is 6.07 Å². The largest absolute Gasteiger partial charge is 0.573 e. The number of hydrogen-bond donors (Lipinski definition) is 1. The van der Waals surface area contributed by atoms with Gasteiger partial charge in [0.15, 0.2) is 0 Å². The van der Waals surface area contributed by atoms with E-state index >= 15 is 0 Å². The molecule has 0 atom stereocenters. The van der Waals surface area contributed by atoms with Crippen LogP contribution in [-0.2, 0) is 6.42 Å².